The molecule has 1 aliphatic rings. The molecule has 0 heterocycles. The predicted molar refractivity (Wildman–Crippen MR) is 42.2 cm³/mol. The van der Waals surface area contributed by atoms with Crippen LogP contribution >= 0.6 is 0 Å². The second kappa shape index (κ2) is 3.83. The van der Waals surface area contributed by atoms with Crippen LogP contribution in [0.3, 0.4) is 0 Å². The Bertz CT molecular complexity index is 143. The molecule has 1 saturated carbocycles. The van der Waals surface area contributed by atoms with E-state index in [1.807, 2.05) is 0 Å². The normalized spacial score (nSPS) is 19.8. The molecule has 1 rings (SSSR count). The molecule has 1 fully saturated rings. The summed E-state index contributed by atoms with van der Waals surface area (Å²) in [5, 5.41) is 0. The van der Waals surface area contributed by atoms with Crippen LogP contribution in [-0.2, 0) is 9.53 Å². The van der Waals surface area contributed by atoms with E-state index < -0.39 is 0 Å². The first kappa shape index (κ1) is 8.68. The Morgan fingerprint density at radius 2 is 2.36 bits per heavy atom. The van der Waals surface area contributed by atoms with Gasteiger partial charge in [-0.15, -0.1) is 0 Å². The number of rotatable bonds is 5. The molecule has 1 atom stereocenters. The SMILES string of the molecule is COC(CCN)C(=O)C1CC1. The van der Waals surface area contributed by atoms with Gasteiger partial charge in [0, 0.05) is 13.0 Å². The van der Waals surface area contributed by atoms with Gasteiger partial charge in [-0.25, -0.2) is 0 Å². The van der Waals surface area contributed by atoms with Crippen LogP contribution in [0, 0.1) is 5.92 Å². The lowest BCUT2D eigenvalue weighted by molar-refractivity contribution is -0.130. The van der Waals surface area contributed by atoms with E-state index in [2.05, 4.69) is 0 Å². The topological polar surface area (TPSA) is 52.3 Å². The number of carbonyl (C=O) groups excluding carboxylic acids is 1. The molecule has 0 aliphatic heterocycles. The number of ketones is 1. The van der Waals surface area contributed by atoms with Crippen LogP contribution in [0.25, 0.3) is 0 Å². The zero-order valence-electron chi connectivity index (χ0n) is 6.88. The Kier molecular flexibility index (Phi) is 3.02. The molecule has 0 aromatic carbocycles. The quantitative estimate of drug-likeness (QED) is 0.625. The van der Waals surface area contributed by atoms with Crippen molar-refractivity contribution < 1.29 is 9.53 Å². The van der Waals surface area contributed by atoms with E-state index in [4.69, 9.17) is 10.5 Å². The molecule has 0 spiro atoms. The Hall–Kier alpha value is -0.410. The smallest absolute Gasteiger partial charge is 0.164 e. The lowest BCUT2D eigenvalue weighted by atomic mass is 10.1. The van der Waals surface area contributed by atoms with Gasteiger partial charge in [-0.05, 0) is 25.8 Å². The second-order valence-corrected chi connectivity index (χ2v) is 2.98. The Balaban J connectivity index is 2.32. The highest BCUT2D eigenvalue weighted by Gasteiger charge is 2.34. The monoisotopic (exact) mass is 157 g/mol. The fraction of sp³-hybridized carbons (Fsp3) is 0.875. The number of hydrogen-bond donors (Lipinski definition) is 1. The van der Waals surface area contributed by atoms with Gasteiger partial charge in [0.05, 0.1) is 0 Å². The number of methoxy groups -OCH3 is 1. The summed E-state index contributed by atoms with van der Waals surface area (Å²) in [5.41, 5.74) is 5.33. The van der Waals surface area contributed by atoms with E-state index in [-0.39, 0.29) is 17.8 Å². The Labute approximate surface area is 66.9 Å². The summed E-state index contributed by atoms with van der Waals surface area (Å²) in [6, 6.07) is 0. The average molecular weight is 157 g/mol. The summed E-state index contributed by atoms with van der Waals surface area (Å²) in [6.07, 6.45) is 2.51. The van der Waals surface area contributed by atoms with Crippen molar-refractivity contribution in [2.45, 2.75) is 25.4 Å². The van der Waals surface area contributed by atoms with Crippen LogP contribution in [0.1, 0.15) is 19.3 Å². The standard InChI is InChI=1S/C8H15NO2/c1-11-7(4-5-9)8(10)6-2-3-6/h6-7H,2-5,9H2,1H3. The van der Waals surface area contributed by atoms with Crippen LogP contribution < -0.4 is 5.73 Å². The first-order valence-corrected chi connectivity index (χ1v) is 4.06. The largest absolute Gasteiger partial charge is 0.374 e. The molecule has 11 heavy (non-hydrogen) atoms. The van der Waals surface area contributed by atoms with Gasteiger partial charge in [0.15, 0.2) is 5.78 Å². The van der Waals surface area contributed by atoms with Gasteiger partial charge in [0.2, 0.25) is 0 Å². The van der Waals surface area contributed by atoms with E-state index in [1.54, 1.807) is 7.11 Å². The minimum Gasteiger partial charge on any atom is -0.374 e. The molecule has 0 saturated heterocycles. The molecule has 3 heteroatoms. The van der Waals surface area contributed by atoms with Crippen molar-refractivity contribution in [2.24, 2.45) is 11.7 Å². The minimum absolute atomic E-state index is 0.243. The van der Waals surface area contributed by atoms with Crippen LogP contribution in [0.5, 0.6) is 0 Å². The average Bonchev–Trinajstić information content (AvgIpc) is 2.81. The van der Waals surface area contributed by atoms with Crippen LogP contribution in [-0.4, -0.2) is 25.5 Å². The molecule has 0 amide bonds. The first-order valence-electron chi connectivity index (χ1n) is 4.06. The summed E-state index contributed by atoms with van der Waals surface area (Å²) in [5.74, 6) is 0.532. The van der Waals surface area contributed by atoms with Gasteiger partial charge in [0.1, 0.15) is 6.10 Å². The van der Waals surface area contributed by atoms with E-state index in [1.165, 1.54) is 0 Å². The lowest BCUT2D eigenvalue weighted by Gasteiger charge is -2.11. The molecule has 3 nitrogen and oxygen atoms in total. The van der Waals surface area contributed by atoms with Crippen molar-refractivity contribution in [2.75, 3.05) is 13.7 Å². The van der Waals surface area contributed by atoms with Gasteiger partial charge >= 0.3 is 0 Å². The highest BCUT2D eigenvalue weighted by atomic mass is 16.5. The van der Waals surface area contributed by atoms with Gasteiger partial charge < -0.3 is 10.5 Å². The maximum absolute atomic E-state index is 11.3. The molecule has 1 aliphatic carbocycles. The molecular formula is C8H15NO2. The maximum Gasteiger partial charge on any atom is 0.164 e. The maximum atomic E-state index is 11.3. The third-order valence-corrected chi connectivity index (χ3v) is 2.01. The fourth-order valence-electron chi connectivity index (χ4n) is 1.16. The third-order valence-electron chi connectivity index (χ3n) is 2.01. The number of carbonyl (C=O) groups is 1. The number of hydrogen-bond acceptors (Lipinski definition) is 3. The second-order valence-electron chi connectivity index (χ2n) is 2.98. The Morgan fingerprint density at radius 3 is 2.73 bits per heavy atom. The summed E-state index contributed by atoms with van der Waals surface area (Å²) < 4.78 is 5.02. The zero-order valence-corrected chi connectivity index (χ0v) is 6.88. The van der Waals surface area contributed by atoms with Crippen LogP contribution in [0.2, 0.25) is 0 Å². The van der Waals surface area contributed by atoms with Crippen molar-refractivity contribution in [3.05, 3.63) is 0 Å². The number of nitrogens with two attached hydrogens (primary N) is 1. The van der Waals surface area contributed by atoms with Crippen molar-refractivity contribution in [1.29, 1.82) is 0 Å². The van der Waals surface area contributed by atoms with Crippen molar-refractivity contribution >= 4 is 5.78 Å². The summed E-state index contributed by atoms with van der Waals surface area (Å²) in [6.45, 7) is 0.525. The van der Waals surface area contributed by atoms with Gasteiger partial charge in [-0.1, -0.05) is 0 Å². The number of ether oxygens (including phenoxy) is 1. The Morgan fingerprint density at radius 1 is 1.73 bits per heavy atom. The zero-order chi connectivity index (χ0) is 8.27. The molecule has 2 N–H and O–H groups in total. The van der Waals surface area contributed by atoms with Crippen molar-refractivity contribution in [3.8, 4) is 0 Å². The summed E-state index contributed by atoms with van der Waals surface area (Å²) in [4.78, 5) is 11.3. The van der Waals surface area contributed by atoms with Gasteiger partial charge in [-0.2, -0.15) is 0 Å². The van der Waals surface area contributed by atoms with Crippen LogP contribution in [0.4, 0.5) is 0 Å². The molecule has 0 aromatic rings. The van der Waals surface area contributed by atoms with Crippen molar-refractivity contribution in [1.82, 2.24) is 0 Å². The van der Waals surface area contributed by atoms with E-state index in [0.717, 1.165) is 12.8 Å². The van der Waals surface area contributed by atoms with E-state index in [0.29, 0.717) is 13.0 Å². The van der Waals surface area contributed by atoms with E-state index >= 15 is 0 Å². The highest BCUT2D eigenvalue weighted by Crippen LogP contribution is 2.31. The van der Waals surface area contributed by atoms with Gasteiger partial charge in [0.25, 0.3) is 0 Å². The molecule has 0 radical (unpaired) electrons. The summed E-state index contributed by atoms with van der Waals surface area (Å²) in [7, 11) is 1.57. The minimum atomic E-state index is -0.243. The molecular weight excluding hydrogens is 142 g/mol. The van der Waals surface area contributed by atoms with Gasteiger partial charge in [-0.3, -0.25) is 4.79 Å². The van der Waals surface area contributed by atoms with Crippen LogP contribution in [0.15, 0.2) is 0 Å². The van der Waals surface area contributed by atoms with Crippen molar-refractivity contribution in [3.63, 3.8) is 0 Å². The molecule has 0 bridgehead atoms. The molecule has 0 aromatic heterocycles. The highest BCUT2D eigenvalue weighted by molar-refractivity contribution is 5.87. The number of Topliss-reactive ketones (excluding diaryl/α,β-unsaturated/α-hetero) is 1. The predicted octanol–water partition coefficient (Wildman–Crippen LogP) is 0.329. The first-order chi connectivity index (χ1) is 5.29. The lowest BCUT2D eigenvalue weighted by Crippen LogP contribution is -2.27. The molecule has 1 unspecified atom stereocenters. The third kappa shape index (κ3) is 2.27. The van der Waals surface area contributed by atoms with E-state index in [9.17, 15) is 4.79 Å². The summed E-state index contributed by atoms with van der Waals surface area (Å²) >= 11 is 0. The fourth-order valence-corrected chi connectivity index (χ4v) is 1.16. The molecule has 64 valence electrons.